The minimum Gasteiger partial charge on any atom is -0.496 e. The number of aliphatic hydroxyl groups excluding tert-OH is 1. The van der Waals surface area contributed by atoms with Gasteiger partial charge in [-0.25, -0.2) is 0 Å². The summed E-state index contributed by atoms with van der Waals surface area (Å²) in [5.74, 6) is 0.708. The van der Waals surface area contributed by atoms with Crippen LogP contribution in [-0.4, -0.2) is 22.9 Å². The van der Waals surface area contributed by atoms with Gasteiger partial charge < -0.3 is 14.9 Å². The zero-order valence-electron chi connectivity index (χ0n) is 13.6. The van der Waals surface area contributed by atoms with E-state index in [1.165, 1.54) is 5.57 Å². The third kappa shape index (κ3) is 6.32. The maximum absolute atomic E-state index is 10.4. The fourth-order valence-corrected chi connectivity index (χ4v) is 2.29. The summed E-state index contributed by atoms with van der Waals surface area (Å²) in [6, 6.07) is 5.81. The van der Waals surface area contributed by atoms with E-state index < -0.39 is 5.60 Å². The van der Waals surface area contributed by atoms with Gasteiger partial charge >= 0.3 is 0 Å². The molecule has 1 unspecified atom stereocenters. The van der Waals surface area contributed by atoms with E-state index in [1.54, 1.807) is 7.11 Å². The van der Waals surface area contributed by atoms with E-state index in [1.807, 2.05) is 25.1 Å². The van der Waals surface area contributed by atoms with Crippen molar-refractivity contribution in [2.45, 2.75) is 58.7 Å². The minimum atomic E-state index is -0.658. The lowest BCUT2D eigenvalue weighted by molar-refractivity contribution is 0.0432. The highest BCUT2D eigenvalue weighted by atomic mass is 16.5. The minimum absolute atomic E-state index is 0.0239. The average Bonchev–Trinajstić information content (AvgIpc) is 2.44. The highest BCUT2D eigenvalue weighted by Crippen LogP contribution is 2.24. The normalized spacial score (nSPS) is 13.6. The lowest BCUT2D eigenvalue weighted by atomic mass is 9.91. The Bertz CT molecular complexity index is 471. The molecule has 21 heavy (non-hydrogen) atoms. The van der Waals surface area contributed by atoms with Crippen molar-refractivity contribution in [2.75, 3.05) is 7.11 Å². The number of methoxy groups -OCH3 is 1. The SMILES string of the molecule is COc1cc(CCC(C)(O)CCC=C(C)C)ccc1CO. The predicted octanol–water partition coefficient (Wildman–Crippen LogP) is 3.62. The van der Waals surface area contributed by atoms with Crippen LogP contribution in [0.15, 0.2) is 29.8 Å². The molecule has 3 heteroatoms. The van der Waals surface area contributed by atoms with Crippen molar-refractivity contribution in [1.82, 2.24) is 0 Å². The summed E-state index contributed by atoms with van der Waals surface area (Å²) in [4.78, 5) is 0. The van der Waals surface area contributed by atoms with Crippen molar-refractivity contribution in [3.8, 4) is 5.75 Å². The second-order valence-corrected chi connectivity index (χ2v) is 6.12. The molecule has 1 rings (SSSR count). The molecule has 0 saturated heterocycles. The molecule has 118 valence electrons. The van der Waals surface area contributed by atoms with Crippen molar-refractivity contribution in [1.29, 1.82) is 0 Å². The molecule has 0 fully saturated rings. The lowest BCUT2D eigenvalue weighted by Gasteiger charge is -2.23. The summed E-state index contributed by atoms with van der Waals surface area (Å²) >= 11 is 0. The quantitative estimate of drug-likeness (QED) is 0.720. The second-order valence-electron chi connectivity index (χ2n) is 6.12. The van der Waals surface area contributed by atoms with Crippen molar-refractivity contribution >= 4 is 0 Å². The second kappa shape index (κ2) is 8.20. The van der Waals surface area contributed by atoms with Crippen LogP contribution in [0.3, 0.4) is 0 Å². The largest absolute Gasteiger partial charge is 0.496 e. The molecule has 0 spiro atoms. The first-order chi connectivity index (χ1) is 9.88. The highest BCUT2D eigenvalue weighted by molar-refractivity contribution is 5.37. The fourth-order valence-electron chi connectivity index (χ4n) is 2.29. The molecule has 0 aliphatic carbocycles. The smallest absolute Gasteiger partial charge is 0.124 e. The molecule has 0 aliphatic rings. The number of aryl methyl sites for hydroxylation is 1. The van der Waals surface area contributed by atoms with Gasteiger partial charge in [0.15, 0.2) is 0 Å². The molecule has 0 amide bonds. The first-order valence-corrected chi connectivity index (χ1v) is 7.50. The first kappa shape index (κ1) is 17.7. The molecule has 1 aromatic rings. The van der Waals surface area contributed by atoms with Crippen LogP contribution in [-0.2, 0) is 13.0 Å². The summed E-state index contributed by atoms with van der Waals surface area (Å²) in [7, 11) is 1.61. The molecule has 0 bridgehead atoms. The van der Waals surface area contributed by atoms with E-state index in [0.717, 1.165) is 30.4 Å². The van der Waals surface area contributed by atoms with E-state index in [4.69, 9.17) is 4.74 Å². The van der Waals surface area contributed by atoms with Crippen LogP contribution in [0, 0.1) is 0 Å². The fraction of sp³-hybridized carbons (Fsp3) is 0.556. The number of hydrogen-bond donors (Lipinski definition) is 2. The third-order valence-electron chi connectivity index (χ3n) is 3.71. The van der Waals surface area contributed by atoms with E-state index in [9.17, 15) is 10.2 Å². The van der Waals surface area contributed by atoms with Gasteiger partial charge in [-0.2, -0.15) is 0 Å². The van der Waals surface area contributed by atoms with Crippen LogP contribution < -0.4 is 4.74 Å². The summed E-state index contributed by atoms with van der Waals surface area (Å²) in [5, 5.41) is 19.6. The Labute approximate surface area is 128 Å². The summed E-state index contributed by atoms with van der Waals surface area (Å²) < 4.78 is 5.27. The van der Waals surface area contributed by atoms with Crippen molar-refractivity contribution in [3.63, 3.8) is 0 Å². The predicted molar refractivity (Wildman–Crippen MR) is 86.5 cm³/mol. The van der Waals surface area contributed by atoms with Gasteiger partial charge in [0.1, 0.15) is 5.75 Å². The topological polar surface area (TPSA) is 49.7 Å². The molecule has 0 heterocycles. The van der Waals surface area contributed by atoms with Gasteiger partial charge in [0, 0.05) is 5.56 Å². The van der Waals surface area contributed by atoms with E-state index in [2.05, 4.69) is 19.9 Å². The van der Waals surface area contributed by atoms with Crippen molar-refractivity contribution < 1.29 is 14.9 Å². The molecule has 0 aromatic heterocycles. The Hall–Kier alpha value is -1.32. The maximum Gasteiger partial charge on any atom is 0.124 e. The summed E-state index contributed by atoms with van der Waals surface area (Å²) in [6.07, 6.45) is 5.34. The Morgan fingerprint density at radius 2 is 2.00 bits per heavy atom. The van der Waals surface area contributed by atoms with E-state index in [0.29, 0.717) is 12.2 Å². The molecular weight excluding hydrogens is 264 g/mol. The van der Waals surface area contributed by atoms with Crippen LogP contribution in [0.25, 0.3) is 0 Å². The lowest BCUT2D eigenvalue weighted by Crippen LogP contribution is -2.24. The maximum atomic E-state index is 10.4. The van der Waals surface area contributed by atoms with Crippen LogP contribution in [0.2, 0.25) is 0 Å². The molecule has 2 N–H and O–H groups in total. The third-order valence-corrected chi connectivity index (χ3v) is 3.71. The van der Waals surface area contributed by atoms with E-state index in [-0.39, 0.29) is 6.61 Å². The summed E-state index contributed by atoms with van der Waals surface area (Å²) in [6.45, 7) is 6.02. The summed E-state index contributed by atoms with van der Waals surface area (Å²) in [5.41, 5.74) is 2.53. The average molecular weight is 292 g/mol. The monoisotopic (exact) mass is 292 g/mol. The molecule has 0 aliphatic heterocycles. The zero-order chi connectivity index (χ0) is 15.9. The van der Waals surface area contributed by atoms with Crippen LogP contribution in [0.4, 0.5) is 0 Å². The number of ether oxygens (including phenoxy) is 1. The van der Waals surface area contributed by atoms with Gasteiger partial charge in [-0.1, -0.05) is 23.8 Å². The van der Waals surface area contributed by atoms with Gasteiger partial charge in [-0.15, -0.1) is 0 Å². The Balaban J connectivity index is 2.59. The Morgan fingerprint density at radius 3 is 2.57 bits per heavy atom. The number of benzene rings is 1. The first-order valence-electron chi connectivity index (χ1n) is 7.50. The van der Waals surface area contributed by atoms with E-state index >= 15 is 0 Å². The molecule has 0 radical (unpaired) electrons. The van der Waals surface area contributed by atoms with Crippen LogP contribution >= 0.6 is 0 Å². The van der Waals surface area contributed by atoms with Crippen LogP contribution in [0.1, 0.15) is 51.2 Å². The van der Waals surface area contributed by atoms with Gasteiger partial charge in [0.2, 0.25) is 0 Å². The molecule has 1 atom stereocenters. The number of rotatable bonds is 8. The molecule has 3 nitrogen and oxygen atoms in total. The zero-order valence-corrected chi connectivity index (χ0v) is 13.6. The van der Waals surface area contributed by atoms with Gasteiger partial charge in [0.25, 0.3) is 0 Å². The molecule has 1 aromatic carbocycles. The number of hydrogen-bond acceptors (Lipinski definition) is 3. The van der Waals surface area contributed by atoms with Gasteiger partial charge in [0.05, 0.1) is 19.3 Å². The van der Waals surface area contributed by atoms with Crippen molar-refractivity contribution in [3.05, 3.63) is 41.0 Å². The standard InChI is InChI=1S/C18H28O3/c1-14(2)6-5-10-18(3,20)11-9-15-7-8-16(13-19)17(12-15)21-4/h6-8,12,19-20H,5,9-11,13H2,1-4H3. The van der Waals surface area contributed by atoms with Crippen LogP contribution in [0.5, 0.6) is 5.75 Å². The Kier molecular flexibility index (Phi) is 6.93. The number of aliphatic hydroxyl groups is 2. The Morgan fingerprint density at radius 1 is 1.29 bits per heavy atom. The molecule has 0 saturated carbocycles. The van der Waals surface area contributed by atoms with Crippen molar-refractivity contribution in [2.24, 2.45) is 0 Å². The number of allylic oxidation sites excluding steroid dienone is 2. The highest BCUT2D eigenvalue weighted by Gasteiger charge is 2.19. The van der Waals surface area contributed by atoms with Gasteiger partial charge in [-0.05, 0) is 58.1 Å². The van der Waals surface area contributed by atoms with Gasteiger partial charge in [-0.3, -0.25) is 0 Å². The molecular formula is C18H28O3.